The maximum absolute atomic E-state index is 12.4. The van der Waals surface area contributed by atoms with Gasteiger partial charge in [0.1, 0.15) is 5.82 Å². The van der Waals surface area contributed by atoms with Crippen molar-refractivity contribution in [1.82, 2.24) is 4.98 Å². The number of carboxylic acids is 1. The lowest BCUT2D eigenvalue weighted by Gasteiger charge is -2.39. The molecule has 1 aliphatic rings. The van der Waals surface area contributed by atoms with Gasteiger partial charge in [0.25, 0.3) is 0 Å². The molecule has 4 rings (SSSR count). The number of aromatic nitrogens is 1. The number of hydrogen-bond donors (Lipinski definition) is 2. The Hall–Kier alpha value is -3.67. The third-order valence-corrected chi connectivity index (χ3v) is 5.72. The van der Waals surface area contributed by atoms with E-state index in [0.717, 1.165) is 40.2 Å². The summed E-state index contributed by atoms with van der Waals surface area (Å²) in [6.07, 6.45) is 2.54. The zero-order chi connectivity index (χ0) is 22.1. The predicted molar refractivity (Wildman–Crippen MR) is 121 cm³/mol. The van der Waals surface area contributed by atoms with E-state index in [1.807, 2.05) is 48.2 Å². The maximum Gasteiger partial charge on any atom is 0.335 e. The Labute approximate surface area is 181 Å². The number of pyridine rings is 1. The molecule has 0 saturated carbocycles. The fourth-order valence-electron chi connectivity index (χ4n) is 4.26. The lowest BCUT2D eigenvalue weighted by atomic mass is 9.89. The van der Waals surface area contributed by atoms with Crippen LogP contribution in [0.15, 0.2) is 60.8 Å². The van der Waals surface area contributed by atoms with E-state index in [1.54, 1.807) is 25.3 Å². The van der Waals surface area contributed by atoms with E-state index in [9.17, 15) is 9.59 Å². The van der Waals surface area contributed by atoms with E-state index in [-0.39, 0.29) is 23.6 Å². The molecule has 6 heteroatoms. The number of nitrogens with zero attached hydrogens (tertiary/aromatic N) is 2. The van der Waals surface area contributed by atoms with Crippen LogP contribution in [0.3, 0.4) is 0 Å². The molecule has 158 valence electrons. The van der Waals surface area contributed by atoms with Crippen molar-refractivity contribution in [2.75, 3.05) is 10.2 Å². The zero-order valence-electron chi connectivity index (χ0n) is 17.8. The van der Waals surface area contributed by atoms with Gasteiger partial charge in [-0.3, -0.25) is 4.79 Å². The third-order valence-electron chi connectivity index (χ3n) is 5.72. The molecule has 0 saturated heterocycles. The molecule has 2 heterocycles. The van der Waals surface area contributed by atoms with Crippen molar-refractivity contribution in [3.63, 3.8) is 0 Å². The van der Waals surface area contributed by atoms with E-state index in [1.165, 1.54) is 0 Å². The van der Waals surface area contributed by atoms with Crippen molar-refractivity contribution < 1.29 is 14.7 Å². The van der Waals surface area contributed by atoms with Gasteiger partial charge < -0.3 is 15.3 Å². The summed E-state index contributed by atoms with van der Waals surface area (Å²) in [5, 5.41) is 12.7. The Bertz CT molecular complexity index is 1140. The van der Waals surface area contributed by atoms with Gasteiger partial charge in [0.2, 0.25) is 5.91 Å². The molecule has 0 fully saturated rings. The fraction of sp³-hybridized carbons (Fsp3) is 0.240. The first-order valence-electron chi connectivity index (χ1n) is 10.3. The van der Waals surface area contributed by atoms with Gasteiger partial charge >= 0.3 is 5.97 Å². The molecule has 0 radical (unpaired) electrons. The minimum Gasteiger partial charge on any atom is -0.478 e. The molecule has 1 aliphatic heterocycles. The van der Waals surface area contributed by atoms with Gasteiger partial charge in [-0.25, -0.2) is 9.78 Å². The predicted octanol–water partition coefficient (Wildman–Crippen LogP) is 5.05. The molecule has 1 amide bonds. The molecule has 3 aromatic rings. The Kier molecular flexibility index (Phi) is 5.46. The number of nitrogens with one attached hydrogen (secondary N) is 1. The van der Waals surface area contributed by atoms with Crippen LogP contribution in [0.5, 0.6) is 0 Å². The molecule has 0 aliphatic carbocycles. The van der Waals surface area contributed by atoms with Crippen LogP contribution in [0.25, 0.3) is 11.1 Å². The number of hydrogen-bond acceptors (Lipinski definition) is 4. The number of carboxylic acid groups (broad SMARTS) is 1. The largest absolute Gasteiger partial charge is 0.478 e. The third kappa shape index (κ3) is 4.14. The Morgan fingerprint density at radius 1 is 1.06 bits per heavy atom. The summed E-state index contributed by atoms with van der Waals surface area (Å²) in [5.41, 5.74) is 5.19. The maximum atomic E-state index is 12.4. The summed E-state index contributed by atoms with van der Waals surface area (Å²) in [4.78, 5) is 29.8. The number of aryl methyl sites for hydroxylation is 1. The molecule has 2 aromatic carbocycles. The van der Waals surface area contributed by atoms with Crippen LogP contribution >= 0.6 is 0 Å². The van der Waals surface area contributed by atoms with E-state index < -0.39 is 5.97 Å². The molecule has 2 atom stereocenters. The second kappa shape index (κ2) is 8.22. The van der Waals surface area contributed by atoms with Gasteiger partial charge in [-0.1, -0.05) is 18.2 Å². The summed E-state index contributed by atoms with van der Waals surface area (Å²) < 4.78 is 0. The van der Waals surface area contributed by atoms with E-state index >= 15 is 0 Å². The van der Waals surface area contributed by atoms with E-state index in [0.29, 0.717) is 0 Å². The van der Waals surface area contributed by atoms with E-state index in [4.69, 9.17) is 5.11 Å². The van der Waals surface area contributed by atoms with Crippen LogP contribution in [-0.4, -0.2) is 28.0 Å². The van der Waals surface area contributed by atoms with Crippen molar-refractivity contribution in [1.29, 1.82) is 0 Å². The fourth-order valence-corrected chi connectivity index (χ4v) is 4.26. The van der Waals surface area contributed by atoms with Crippen molar-refractivity contribution >= 4 is 23.4 Å². The van der Waals surface area contributed by atoms with Gasteiger partial charge in [0.05, 0.1) is 11.6 Å². The first kappa shape index (κ1) is 20.6. The average Bonchev–Trinajstić information content (AvgIpc) is 2.73. The SMILES string of the molecule is CC(=O)N1c2ccc(-c3ccc(C(=O)O)cc3)cc2[C@H](Nc2cc(C)ccn2)C[C@@H]1C. The van der Waals surface area contributed by atoms with Crippen LogP contribution in [0.1, 0.15) is 47.8 Å². The van der Waals surface area contributed by atoms with Gasteiger partial charge in [-0.2, -0.15) is 0 Å². The minimum atomic E-state index is -0.946. The molecule has 31 heavy (non-hydrogen) atoms. The van der Waals surface area contributed by atoms with Crippen molar-refractivity contribution in [2.24, 2.45) is 0 Å². The van der Waals surface area contributed by atoms with Crippen molar-refractivity contribution in [2.45, 2.75) is 39.3 Å². The molecular weight excluding hydrogens is 390 g/mol. The Morgan fingerprint density at radius 3 is 2.42 bits per heavy atom. The summed E-state index contributed by atoms with van der Waals surface area (Å²) in [5.74, 6) is -0.131. The number of aromatic carboxylic acids is 1. The zero-order valence-corrected chi connectivity index (χ0v) is 17.8. The van der Waals surface area contributed by atoms with Crippen molar-refractivity contribution in [3.05, 3.63) is 77.5 Å². The molecular formula is C25H25N3O3. The average molecular weight is 415 g/mol. The molecule has 2 N–H and O–H groups in total. The monoisotopic (exact) mass is 415 g/mol. The smallest absolute Gasteiger partial charge is 0.335 e. The van der Waals surface area contributed by atoms with Crippen LogP contribution in [0.2, 0.25) is 0 Å². The molecule has 0 bridgehead atoms. The number of anilines is 2. The van der Waals surface area contributed by atoms with Crippen molar-refractivity contribution in [3.8, 4) is 11.1 Å². The number of benzene rings is 2. The summed E-state index contributed by atoms with van der Waals surface area (Å²) >= 11 is 0. The number of amides is 1. The highest BCUT2D eigenvalue weighted by Crippen LogP contribution is 2.41. The number of rotatable bonds is 4. The number of fused-ring (bicyclic) bond motifs is 1. The minimum absolute atomic E-state index is 0.00635. The van der Waals surface area contributed by atoms with Crippen LogP contribution in [0, 0.1) is 6.92 Å². The standard InChI is InChI=1S/C25H25N3O3/c1-15-10-11-26-24(12-15)27-22-13-16(2)28(17(3)29)23-9-8-20(14-21(22)23)18-4-6-19(7-5-18)25(30)31/h4-12,14,16,22H,13H2,1-3H3,(H,26,27)(H,30,31)/t16-,22+/m0/s1. The van der Waals surface area contributed by atoms with Gasteiger partial charge in [0.15, 0.2) is 0 Å². The molecule has 6 nitrogen and oxygen atoms in total. The summed E-state index contributed by atoms with van der Waals surface area (Å²) in [6.45, 7) is 5.68. The highest BCUT2D eigenvalue weighted by molar-refractivity contribution is 5.94. The van der Waals surface area contributed by atoms with E-state index in [2.05, 4.69) is 23.3 Å². The molecule has 1 aromatic heterocycles. The molecule has 0 unspecified atom stereocenters. The Balaban J connectivity index is 1.76. The van der Waals surface area contributed by atoms with Crippen LogP contribution in [0.4, 0.5) is 11.5 Å². The van der Waals surface area contributed by atoms with Crippen LogP contribution < -0.4 is 10.2 Å². The summed E-state index contributed by atoms with van der Waals surface area (Å²) in [6, 6.07) is 16.9. The quantitative estimate of drug-likeness (QED) is 0.623. The highest BCUT2D eigenvalue weighted by Gasteiger charge is 2.32. The van der Waals surface area contributed by atoms with Crippen LogP contribution in [-0.2, 0) is 4.79 Å². The number of carbonyl (C=O) groups is 2. The summed E-state index contributed by atoms with van der Waals surface area (Å²) in [7, 11) is 0. The van der Waals surface area contributed by atoms with Gasteiger partial charge in [-0.05, 0) is 78.9 Å². The number of carbonyl (C=O) groups excluding carboxylic acids is 1. The second-order valence-electron chi connectivity index (χ2n) is 8.05. The first-order valence-corrected chi connectivity index (χ1v) is 10.3. The normalized spacial score (nSPS) is 17.7. The first-order chi connectivity index (χ1) is 14.8. The second-order valence-corrected chi connectivity index (χ2v) is 8.05. The highest BCUT2D eigenvalue weighted by atomic mass is 16.4. The molecule has 0 spiro atoms. The Morgan fingerprint density at radius 2 is 1.77 bits per heavy atom. The lowest BCUT2D eigenvalue weighted by molar-refractivity contribution is -0.117. The lowest BCUT2D eigenvalue weighted by Crippen LogP contribution is -2.43. The van der Waals surface area contributed by atoms with Gasteiger partial charge in [0, 0.05) is 24.8 Å². The van der Waals surface area contributed by atoms with Gasteiger partial charge in [-0.15, -0.1) is 0 Å². The topological polar surface area (TPSA) is 82.5 Å².